The van der Waals surface area contributed by atoms with Crippen LogP contribution in [0.1, 0.15) is 13.8 Å². The molecule has 0 fully saturated rings. The Morgan fingerprint density at radius 3 is 2.81 bits per heavy atom. The van der Waals surface area contributed by atoms with Gasteiger partial charge in [-0.25, -0.2) is 0 Å². The third kappa shape index (κ3) is 3.51. The van der Waals surface area contributed by atoms with Crippen LogP contribution >= 0.6 is 0 Å². The van der Waals surface area contributed by atoms with E-state index in [1.54, 1.807) is 18.2 Å². The van der Waals surface area contributed by atoms with E-state index >= 15 is 0 Å². The van der Waals surface area contributed by atoms with Crippen LogP contribution in [0, 0.1) is 10.1 Å². The van der Waals surface area contributed by atoms with Crippen LogP contribution in [0.3, 0.4) is 0 Å². The molecule has 0 saturated carbocycles. The Morgan fingerprint density at radius 1 is 1.50 bits per heavy atom. The maximum Gasteiger partial charge on any atom is 0.292 e. The van der Waals surface area contributed by atoms with E-state index in [4.69, 9.17) is 4.74 Å². The Kier molecular flexibility index (Phi) is 4.72. The molecule has 0 spiro atoms. The van der Waals surface area contributed by atoms with Crippen molar-refractivity contribution >= 4 is 11.4 Å². The monoisotopic (exact) mass is 224 g/mol. The van der Waals surface area contributed by atoms with Crippen molar-refractivity contribution in [1.82, 2.24) is 0 Å². The van der Waals surface area contributed by atoms with E-state index in [-0.39, 0.29) is 11.7 Å². The van der Waals surface area contributed by atoms with Gasteiger partial charge in [-0.2, -0.15) is 0 Å². The highest BCUT2D eigenvalue weighted by Gasteiger charge is 2.13. The highest BCUT2D eigenvalue weighted by molar-refractivity contribution is 5.61. The van der Waals surface area contributed by atoms with Crippen molar-refractivity contribution in [3.8, 4) is 0 Å². The second-order valence-electron chi connectivity index (χ2n) is 3.48. The first-order valence-corrected chi connectivity index (χ1v) is 5.22. The summed E-state index contributed by atoms with van der Waals surface area (Å²) in [5.74, 6) is 0. The van der Waals surface area contributed by atoms with Gasteiger partial charge in [0.2, 0.25) is 0 Å². The number of hydrogen-bond donors (Lipinski definition) is 1. The minimum Gasteiger partial charge on any atom is -0.380 e. The van der Waals surface area contributed by atoms with Gasteiger partial charge in [0.15, 0.2) is 0 Å². The molecule has 0 heterocycles. The van der Waals surface area contributed by atoms with Gasteiger partial charge in [0, 0.05) is 18.7 Å². The molecule has 1 aromatic carbocycles. The van der Waals surface area contributed by atoms with Crippen molar-refractivity contribution < 1.29 is 9.66 Å². The molecule has 1 rings (SSSR count). The van der Waals surface area contributed by atoms with E-state index < -0.39 is 4.92 Å². The normalized spacial score (nSPS) is 12.1. The Hall–Kier alpha value is -1.62. The maximum atomic E-state index is 10.8. The summed E-state index contributed by atoms with van der Waals surface area (Å²) < 4.78 is 5.24. The predicted octanol–water partition coefficient (Wildman–Crippen LogP) is 2.43. The molecule has 0 aliphatic rings. The van der Waals surface area contributed by atoms with Gasteiger partial charge >= 0.3 is 0 Å². The average Bonchev–Trinajstić information content (AvgIpc) is 2.27. The molecule has 0 radical (unpaired) electrons. The second-order valence-corrected chi connectivity index (χ2v) is 3.48. The van der Waals surface area contributed by atoms with E-state index in [1.165, 1.54) is 6.07 Å². The van der Waals surface area contributed by atoms with E-state index in [1.807, 2.05) is 13.8 Å². The third-order valence-corrected chi connectivity index (χ3v) is 2.07. The van der Waals surface area contributed by atoms with Crippen LogP contribution in [-0.2, 0) is 4.74 Å². The fraction of sp³-hybridized carbons (Fsp3) is 0.455. The molecule has 5 nitrogen and oxygen atoms in total. The van der Waals surface area contributed by atoms with E-state index in [0.29, 0.717) is 18.9 Å². The number of hydrogen-bond acceptors (Lipinski definition) is 4. The summed E-state index contributed by atoms with van der Waals surface area (Å²) in [6.07, 6.45) is 0. The highest BCUT2D eigenvalue weighted by Crippen LogP contribution is 2.23. The molecule has 0 amide bonds. The molecule has 0 bridgehead atoms. The largest absolute Gasteiger partial charge is 0.380 e. The Labute approximate surface area is 94.6 Å². The lowest BCUT2D eigenvalue weighted by molar-refractivity contribution is -0.384. The average molecular weight is 224 g/mol. The van der Waals surface area contributed by atoms with Crippen molar-refractivity contribution in [2.24, 2.45) is 0 Å². The smallest absolute Gasteiger partial charge is 0.292 e. The van der Waals surface area contributed by atoms with Crippen LogP contribution in [0.15, 0.2) is 24.3 Å². The molecular weight excluding hydrogens is 208 g/mol. The van der Waals surface area contributed by atoms with Crippen molar-refractivity contribution in [1.29, 1.82) is 0 Å². The number of rotatable bonds is 6. The first-order valence-electron chi connectivity index (χ1n) is 5.22. The lowest BCUT2D eigenvalue weighted by Crippen LogP contribution is -2.22. The van der Waals surface area contributed by atoms with Gasteiger partial charge < -0.3 is 10.1 Å². The fourth-order valence-corrected chi connectivity index (χ4v) is 1.36. The Balaban J connectivity index is 2.69. The van der Waals surface area contributed by atoms with Crippen molar-refractivity contribution in [3.05, 3.63) is 34.4 Å². The molecule has 1 N–H and O–H groups in total. The molecule has 88 valence electrons. The van der Waals surface area contributed by atoms with Gasteiger partial charge in [0.05, 0.1) is 11.5 Å². The molecule has 0 aromatic heterocycles. The topological polar surface area (TPSA) is 64.4 Å². The van der Waals surface area contributed by atoms with E-state index in [0.717, 1.165) is 0 Å². The van der Waals surface area contributed by atoms with Crippen LogP contribution in [0.2, 0.25) is 0 Å². The zero-order chi connectivity index (χ0) is 12.0. The molecule has 1 unspecified atom stereocenters. The lowest BCUT2D eigenvalue weighted by Gasteiger charge is -2.14. The number of para-hydroxylation sites is 2. The standard InChI is InChI=1S/C11H16N2O3/c1-3-16-8-9(2)12-10-6-4-5-7-11(10)13(14)15/h4-7,9,12H,3,8H2,1-2H3. The predicted molar refractivity (Wildman–Crippen MR) is 62.7 cm³/mol. The molecule has 16 heavy (non-hydrogen) atoms. The van der Waals surface area contributed by atoms with Crippen LogP contribution in [-0.4, -0.2) is 24.2 Å². The summed E-state index contributed by atoms with van der Waals surface area (Å²) in [6, 6.07) is 6.64. The summed E-state index contributed by atoms with van der Waals surface area (Å²) in [5.41, 5.74) is 0.616. The zero-order valence-electron chi connectivity index (χ0n) is 9.47. The van der Waals surface area contributed by atoms with Crippen molar-refractivity contribution in [2.45, 2.75) is 19.9 Å². The molecule has 0 aliphatic heterocycles. The molecule has 1 aromatic rings. The third-order valence-electron chi connectivity index (χ3n) is 2.07. The van der Waals surface area contributed by atoms with Crippen molar-refractivity contribution in [3.63, 3.8) is 0 Å². The number of nitrogens with one attached hydrogen (secondary N) is 1. The SMILES string of the molecule is CCOCC(C)Nc1ccccc1[N+](=O)[O-]. The second kappa shape index (κ2) is 6.07. The summed E-state index contributed by atoms with van der Waals surface area (Å²) in [5, 5.41) is 13.8. The molecule has 0 saturated heterocycles. The molecule has 0 aliphatic carbocycles. The van der Waals surface area contributed by atoms with Crippen LogP contribution in [0.25, 0.3) is 0 Å². The molecular formula is C11H16N2O3. The van der Waals surface area contributed by atoms with Gasteiger partial charge in [0.1, 0.15) is 5.69 Å². The number of benzene rings is 1. The summed E-state index contributed by atoms with van der Waals surface area (Å²) in [7, 11) is 0. The van der Waals surface area contributed by atoms with Gasteiger partial charge in [-0.15, -0.1) is 0 Å². The summed E-state index contributed by atoms with van der Waals surface area (Å²) >= 11 is 0. The lowest BCUT2D eigenvalue weighted by atomic mass is 10.2. The first-order chi connectivity index (χ1) is 7.65. The van der Waals surface area contributed by atoms with Gasteiger partial charge in [-0.3, -0.25) is 10.1 Å². The minimum atomic E-state index is -0.393. The summed E-state index contributed by atoms with van der Waals surface area (Å²) in [6.45, 7) is 5.01. The number of nitro groups is 1. The summed E-state index contributed by atoms with van der Waals surface area (Å²) in [4.78, 5) is 10.4. The van der Waals surface area contributed by atoms with Crippen LogP contribution in [0.4, 0.5) is 11.4 Å². The van der Waals surface area contributed by atoms with Crippen molar-refractivity contribution in [2.75, 3.05) is 18.5 Å². The van der Waals surface area contributed by atoms with E-state index in [9.17, 15) is 10.1 Å². The first kappa shape index (κ1) is 12.4. The maximum absolute atomic E-state index is 10.8. The quantitative estimate of drug-likeness (QED) is 0.595. The van der Waals surface area contributed by atoms with Gasteiger partial charge in [-0.1, -0.05) is 12.1 Å². The van der Waals surface area contributed by atoms with Crippen LogP contribution < -0.4 is 5.32 Å². The van der Waals surface area contributed by atoms with Gasteiger partial charge in [0.25, 0.3) is 5.69 Å². The number of anilines is 1. The Bertz CT molecular complexity index is 355. The molecule has 1 atom stereocenters. The number of nitro benzene ring substituents is 1. The number of ether oxygens (including phenoxy) is 1. The minimum absolute atomic E-state index is 0.0426. The fourth-order valence-electron chi connectivity index (χ4n) is 1.36. The number of nitrogens with zero attached hydrogens (tertiary/aromatic N) is 1. The Morgan fingerprint density at radius 2 is 2.19 bits per heavy atom. The zero-order valence-corrected chi connectivity index (χ0v) is 9.47. The van der Waals surface area contributed by atoms with E-state index in [2.05, 4.69) is 5.32 Å². The molecule has 5 heteroatoms. The van der Waals surface area contributed by atoms with Gasteiger partial charge in [-0.05, 0) is 19.9 Å². The van der Waals surface area contributed by atoms with Crippen LogP contribution in [0.5, 0.6) is 0 Å². The highest BCUT2D eigenvalue weighted by atomic mass is 16.6.